The number of methoxy groups -OCH3 is 1. The highest BCUT2D eigenvalue weighted by atomic mass is 79.9. The van der Waals surface area contributed by atoms with Crippen LogP contribution >= 0.6 is 15.9 Å². The maximum absolute atomic E-state index is 13.2. The van der Waals surface area contributed by atoms with Gasteiger partial charge in [0.2, 0.25) is 0 Å². The highest BCUT2D eigenvalue weighted by Gasteiger charge is 2.13. The Bertz CT molecular complexity index is 757. The van der Waals surface area contributed by atoms with Crippen LogP contribution in [-0.2, 0) is 0 Å². The smallest absolute Gasteiger partial charge is 0.164 e. The quantitative estimate of drug-likeness (QED) is 0.726. The molecule has 0 atom stereocenters. The number of ether oxygens (including phenoxy) is 1. The van der Waals surface area contributed by atoms with E-state index in [4.69, 9.17) is 4.74 Å². The van der Waals surface area contributed by atoms with Crippen molar-refractivity contribution >= 4 is 27.0 Å². The third kappa shape index (κ3) is 1.98. The van der Waals surface area contributed by atoms with Crippen LogP contribution in [0.3, 0.4) is 0 Å². The van der Waals surface area contributed by atoms with E-state index in [9.17, 15) is 4.39 Å². The number of rotatable bonds is 2. The number of pyridine rings is 1. The minimum atomic E-state index is -0.355. The average Bonchev–Trinajstić information content (AvgIpc) is 2.84. The molecule has 0 bridgehead atoms. The van der Waals surface area contributed by atoms with Crippen LogP contribution in [-0.4, -0.2) is 21.9 Å². The van der Waals surface area contributed by atoms with E-state index in [1.54, 1.807) is 23.1 Å². The molecule has 0 spiro atoms. The van der Waals surface area contributed by atoms with Gasteiger partial charge in [-0.05, 0) is 34.1 Å². The molecule has 0 aliphatic heterocycles. The highest BCUT2D eigenvalue weighted by molar-refractivity contribution is 9.10. The number of benzene rings is 1. The molecule has 0 aliphatic rings. The van der Waals surface area contributed by atoms with Crippen LogP contribution < -0.4 is 4.74 Å². The molecule has 2 heterocycles. The molecule has 0 fully saturated rings. The van der Waals surface area contributed by atoms with E-state index in [1.165, 1.54) is 19.2 Å². The lowest BCUT2D eigenvalue weighted by Gasteiger charge is -2.09. The van der Waals surface area contributed by atoms with Gasteiger partial charge < -0.3 is 4.74 Å². The van der Waals surface area contributed by atoms with Crippen molar-refractivity contribution in [2.24, 2.45) is 0 Å². The van der Waals surface area contributed by atoms with Crippen molar-refractivity contribution in [3.63, 3.8) is 0 Å². The van der Waals surface area contributed by atoms with Gasteiger partial charge in [0.25, 0.3) is 0 Å². The minimum absolute atomic E-state index is 0.355. The van der Waals surface area contributed by atoms with Gasteiger partial charge in [-0.2, -0.15) is 5.10 Å². The predicted molar refractivity (Wildman–Crippen MR) is 73.1 cm³/mol. The fraction of sp³-hybridized carbons (Fsp3) is 0.0769. The number of halogens is 2. The van der Waals surface area contributed by atoms with Gasteiger partial charge in [0.15, 0.2) is 5.65 Å². The van der Waals surface area contributed by atoms with Crippen LogP contribution in [0.15, 0.2) is 41.1 Å². The zero-order chi connectivity index (χ0) is 13.4. The summed E-state index contributed by atoms with van der Waals surface area (Å²) in [6.07, 6.45) is 3.38. The molecule has 3 rings (SSSR count). The summed E-state index contributed by atoms with van der Waals surface area (Å²) in [5.74, 6) is 0.0537. The van der Waals surface area contributed by atoms with Crippen LogP contribution in [0, 0.1) is 5.82 Å². The third-order valence-electron chi connectivity index (χ3n) is 2.79. The van der Waals surface area contributed by atoms with Crippen LogP contribution in [0.1, 0.15) is 0 Å². The third-order valence-corrected chi connectivity index (χ3v) is 3.48. The van der Waals surface area contributed by atoms with E-state index in [-0.39, 0.29) is 5.82 Å². The normalized spacial score (nSPS) is 10.9. The number of aromatic nitrogens is 3. The molecular formula is C13H9BrFN3O. The molecule has 0 unspecified atom stereocenters. The largest absolute Gasteiger partial charge is 0.494 e. The van der Waals surface area contributed by atoms with Gasteiger partial charge in [0.1, 0.15) is 17.3 Å². The summed E-state index contributed by atoms with van der Waals surface area (Å²) in [5, 5.41) is 5.17. The zero-order valence-electron chi connectivity index (χ0n) is 9.97. The lowest BCUT2D eigenvalue weighted by atomic mass is 10.3. The molecule has 4 nitrogen and oxygen atoms in total. The van der Waals surface area contributed by atoms with Crippen molar-refractivity contribution < 1.29 is 9.13 Å². The second-order valence-electron chi connectivity index (χ2n) is 3.90. The second-order valence-corrected chi connectivity index (χ2v) is 4.76. The maximum atomic E-state index is 13.2. The van der Waals surface area contributed by atoms with Gasteiger partial charge in [-0.25, -0.2) is 14.1 Å². The van der Waals surface area contributed by atoms with Crippen LogP contribution in [0.2, 0.25) is 0 Å². The maximum Gasteiger partial charge on any atom is 0.164 e. The Morgan fingerprint density at radius 3 is 2.95 bits per heavy atom. The van der Waals surface area contributed by atoms with Gasteiger partial charge >= 0.3 is 0 Å². The van der Waals surface area contributed by atoms with E-state index in [0.29, 0.717) is 17.1 Å². The fourth-order valence-electron chi connectivity index (χ4n) is 1.90. The molecule has 0 N–H and O–H groups in total. The number of fused-ring (bicyclic) bond motifs is 1. The van der Waals surface area contributed by atoms with Gasteiger partial charge in [-0.3, -0.25) is 0 Å². The Kier molecular flexibility index (Phi) is 2.94. The summed E-state index contributed by atoms with van der Waals surface area (Å²) in [6, 6.07) is 6.14. The van der Waals surface area contributed by atoms with E-state index < -0.39 is 0 Å². The van der Waals surface area contributed by atoms with Crippen molar-refractivity contribution in [2.45, 2.75) is 0 Å². The van der Waals surface area contributed by atoms with Gasteiger partial charge in [-0.15, -0.1) is 0 Å². The Labute approximate surface area is 117 Å². The molecular weight excluding hydrogens is 313 g/mol. The average molecular weight is 322 g/mol. The van der Waals surface area contributed by atoms with Crippen molar-refractivity contribution in [2.75, 3.05) is 7.11 Å². The van der Waals surface area contributed by atoms with Crippen LogP contribution in [0.25, 0.3) is 16.7 Å². The summed E-state index contributed by atoms with van der Waals surface area (Å²) >= 11 is 3.45. The van der Waals surface area contributed by atoms with E-state index in [1.807, 2.05) is 6.07 Å². The lowest BCUT2D eigenvalue weighted by molar-refractivity contribution is 0.408. The number of nitrogens with zero attached hydrogens (tertiary/aromatic N) is 3. The summed E-state index contributed by atoms with van der Waals surface area (Å²) in [6.45, 7) is 0. The molecule has 0 aliphatic carbocycles. The van der Waals surface area contributed by atoms with E-state index in [0.717, 1.165) is 9.86 Å². The Morgan fingerprint density at radius 2 is 2.16 bits per heavy atom. The Morgan fingerprint density at radius 1 is 1.32 bits per heavy atom. The lowest BCUT2D eigenvalue weighted by Crippen LogP contribution is -2.01. The first-order valence-corrected chi connectivity index (χ1v) is 6.32. The number of hydrogen-bond donors (Lipinski definition) is 0. The zero-order valence-corrected chi connectivity index (χ0v) is 11.6. The van der Waals surface area contributed by atoms with Crippen LogP contribution in [0.4, 0.5) is 4.39 Å². The number of hydrogen-bond acceptors (Lipinski definition) is 3. The van der Waals surface area contributed by atoms with Gasteiger partial charge in [0, 0.05) is 16.7 Å². The molecule has 0 saturated heterocycles. The standard InChI is InChI=1S/C13H9BrFN3O/c1-19-12-6-8(15)2-3-11(12)18-13-9(7-17-18)10(14)4-5-16-13/h2-7H,1H3. The van der Waals surface area contributed by atoms with Gasteiger partial charge in [0.05, 0.1) is 18.7 Å². The van der Waals surface area contributed by atoms with Crippen molar-refractivity contribution in [3.8, 4) is 11.4 Å². The van der Waals surface area contributed by atoms with Crippen molar-refractivity contribution in [1.82, 2.24) is 14.8 Å². The first-order chi connectivity index (χ1) is 9.20. The molecule has 0 amide bonds. The summed E-state index contributed by atoms with van der Waals surface area (Å²) in [7, 11) is 1.49. The molecule has 96 valence electrons. The molecule has 1 aromatic carbocycles. The summed E-state index contributed by atoms with van der Waals surface area (Å²) < 4.78 is 20.9. The second kappa shape index (κ2) is 4.62. The first kappa shape index (κ1) is 12.1. The minimum Gasteiger partial charge on any atom is -0.494 e. The topological polar surface area (TPSA) is 39.9 Å². The molecule has 3 aromatic rings. The molecule has 6 heteroatoms. The summed E-state index contributed by atoms with van der Waals surface area (Å²) in [4.78, 5) is 4.30. The Balaban J connectivity index is 2.28. The molecule has 0 radical (unpaired) electrons. The molecule has 2 aromatic heterocycles. The summed E-state index contributed by atoms with van der Waals surface area (Å²) in [5.41, 5.74) is 1.32. The van der Waals surface area contributed by atoms with Gasteiger partial charge in [-0.1, -0.05) is 0 Å². The first-order valence-electron chi connectivity index (χ1n) is 5.53. The Hall–Kier alpha value is -1.95. The highest BCUT2D eigenvalue weighted by Crippen LogP contribution is 2.28. The van der Waals surface area contributed by atoms with Crippen molar-refractivity contribution in [1.29, 1.82) is 0 Å². The monoisotopic (exact) mass is 321 g/mol. The molecule has 19 heavy (non-hydrogen) atoms. The van der Waals surface area contributed by atoms with Crippen LogP contribution in [0.5, 0.6) is 5.75 Å². The predicted octanol–water partition coefficient (Wildman–Crippen LogP) is 3.33. The van der Waals surface area contributed by atoms with E-state index >= 15 is 0 Å². The molecule has 0 saturated carbocycles. The SMILES string of the molecule is COc1cc(F)ccc1-n1ncc2c(Br)ccnc21. The van der Waals surface area contributed by atoms with Crippen molar-refractivity contribution in [3.05, 3.63) is 46.9 Å². The fourth-order valence-corrected chi connectivity index (χ4v) is 2.30. The van der Waals surface area contributed by atoms with E-state index in [2.05, 4.69) is 26.0 Å².